The van der Waals surface area contributed by atoms with Gasteiger partial charge in [-0.25, -0.2) is 0 Å². The fourth-order valence-corrected chi connectivity index (χ4v) is 1.52. The second-order valence-corrected chi connectivity index (χ2v) is 4.11. The Kier molecular flexibility index (Phi) is 4.97. The van der Waals surface area contributed by atoms with Gasteiger partial charge in [-0.1, -0.05) is 44.7 Å². The maximum atomic E-state index is 4.46. The Hall–Kier alpha value is -1.37. The van der Waals surface area contributed by atoms with Crippen LogP contribution in [0.3, 0.4) is 0 Å². The van der Waals surface area contributed by atoms with Gasteiger partial charge in [0.05, 0.1) is 0 Å². The van der Waals surface area contributed by atoms with Crippen molar-refractivity contribution < 1.29 is 0 Å². The third-order valence-corrected chi connectivity index (χ3v) is 2.70. The predicted octanol–water partition coefficient (Wildman–Crippen LogP) is 4.18. The zero-order valence-electron chi connectivity index (χ0n) is 10.6. The molecule has 0 aliphatic heterocycles. The molecule has 1 nitrogen and oxygen atoms in total. The van der Waals surface area contributed by atoms with Crippen molar-refractivity contribution in [2.75, 3.05) is 0 Å². The summed E-state index contributed by atoms with van der Waals surface area (Å²) < 4.78 is 0. The van der Waals surface area contributed by atoms with Gasteiger partial charge in [0, 0.05) is 17.8 Å². The molecule has 0 saturated carbocycles. The molecule has 1 rings (SSSR count). The lowest BCUT2D eigenvalue weighted by molar-refractivity contribution is 1.08. The van der Waals surface area contributed by atoms with Crippen molar-refractivity contribution in [3.05, 3.63) is 47.7 Å². The van der Waals surface area contributed by atoms with Crippen LogP contribution in [0.4, 0.5) is 0 Å². The van der Waals surface area contributed by atoms with Crippen LogP contribution in [0.25, 0.3) is 0 Å². The summed E-state index contributed by atoms with van der Waals surface area (Å²) in [6, 6.07) is 8.69. The maximum Gasteiger partial charge on any atom is 0.0375 e. The molecule has 0 bridgehead atoms. The zero-order valence-corrected chi connectivity index (χ0v) is 10.6. The van der Waals surface area contributed by atoms with E-state index in [1.807, 2.05) is 6.92 Å². The Morgan fingerprint density at radius 3 is 2.19 bits per heavy atom. The standard InChI is InChI=1S/C15H21N/c1-5-12(3)16-13(4)11-15-9-7-14(6-2)8-10-15/h7-10H,4-6,11H2,1-3H3. The first kappa shape index (κ1) is 12.7. The van der Waals surface area contributed by atoms with Crippen LogP contribution in [0, 0.1) is 0 Å². The van der Waals surface area contributed by atoms with E-state index in [4.69, 9.17) is 0 Å². The Morgan fingerprint density at radius 2 is 1.69 bits per heavy atom. The topological polar surface area (TPSA) is 12.4 Å². The molecule has 0 aromatic heterocycles. The number of nitrogens with zero attached hydrogens (tertiary/aromatic N) is 1. The average Bonchev–Trinajstić information content (AvgIpc) is 2.29. The fraction of sp³-hybridized carbons (Fsp3) is 0.400. The van der Waals surface area contributed by atoms with Gasteiger partial charge in [0.15, 0.2) is 0 Å². The summed E-state index contributed by atoms with van der Waals surface area (Å²) in [5, 5.41) is 0. The molecule has 86 valence electrons. The van der Waals surface area contributed by atoms with Gasteiger partial charge in [0.25, 0.3) is 0 Å². The molecule has 1 aromatic carbocycles. The number of hydrogen-bond donors (Lipinski definition) is 0. The molecule has 0 heterocycles. The minimum atomic E-state index is 0.849. The second kappa shape index (κ2) is 6.26. The summed E-state index contributed by atoms with van der Waals surface area (Å²) in [4.78, 5) is 4.46. The van der Waals surface area contributed by atoms with E-state index >= 15 is 0 Å². The third kappa shape index (κ3) is 4.01. The lowest BCUT2D eigenvalue weighted by Gasteiger charge is -2.03. The zero-order chi connectivity index (χ0) is 12.0. The smallest absolute Gasteiger partial charge is 0.0375 e. The van der Waals surface area contributed by atoms with E-state index in [1.54, 1.807) is 0 Å². The summed E-state index contributed by atoms with van der Waals surface area (Å²) in [6.07, 6.45) is 2.93. The normalized spacial score (nSPS) is 11.6. The van der Waals surface area contributed by atoms with E-state index in [0.29, 0.717) is 0 Å². The van der Waals surface area contributed by atoms with E-state index in [0.717, 1.165) is 30.7 Å². The van der Waals surface area contributed by atoms with Crippen molar-refractivity contribution >= 4 is 5.71 Å². The van der Waals surface area contributed by atoms with Crippen LogP contribution in [0.15, 0.2) is 41.5 Å². The van der Waals surface area contributed by atoms with E-state index in [2.05, 4.69) is 49.7 Å². The molecule has 16 heavy (non-hydrogen) atoms. The summed E-state index contributed by atoms with van der Waals surface area (Å²) in [7, 11) is 0. The van der Waals surface area contributed by atoms with Crippen LogP contribution in [-0.2, 0) is 12.8 Å². The van der Waals surface area contributed by atoms with Gasteiger partial charge in [-0.2, -0.15) is 0 Å². The molecule has 0 fully saturated rings. The van der Waals surface area contributed by atoms with Gasteiger partial charge in [0.2, 0.25) is 0 Å². The molecule has 1 heteroatoms. The molecule has 0 radical (unpaired) electrons. The Bertz CT molecular complexity index is 371. The molecule has 0 unspecified atom stereocenters. The minimum Gasteiger partial charge on any atom is -0.263 e. The quantitative estimate of drug-likeness (QED) is 0.653. The Balaban J connectivity index is 2.63. The van der Waals surface area contributed by atoms with Gasteiger partial charge in [-0.3, -0.25) is 4.99 Å². The highest BCUT2D eigenvalue weighted by molar-refractivity contribution is 5.82. The van der Waals surface area contributed by atoms with Gasteiger partial charge in [-0.15, -0.1) is 0 Å². The van der Waals surface area contributed by atoms with Crippen LogP contribution in [0.5, 0.6) is 0 Å². The van der Waals surface area contributed by atoms with Crippen molar-refractivity contribution in [3.8, 4) is 0 Å². The first-order valence-corrected chi connectivity index (χ1v) is 5.95. The first-order valence-electron chi connectivity index (χ1n) is 5.95. The van der Waals surface area contributed by atoms with E-state index in [9.17, 15) is 0 Å². The molecule has 0 saturated heterocycles. The van der Waals surface area contributed by atoms with Crippen LogP contribution in [0.1, 0.15) is 38.3 Å². The Morgan fingerprint density at radius 1 is 1.12 bits per heavy atom. The maximum absolute atomic E-state index is 4.46. The summed E-state index contributed by atoms with van der Waals surface area (Å²) >= 11 is 0. The van der Waals surface area contributed by atoms with Crippen LogP contribution >= 0.6 is 0 Å². The number of aryl methyl sites for hydroxylation is 1. The molecular formula is C15H21N. The van der Waals surface area contributed by atoms with Crippen molar-refractivity contribution in [2.24, 2.45) is 4.99 Å². The van der Waals surface area contributed by atoms with Crippen molar-refractivity contribution in [2.45, 2.75) is 40.0 Å². The van der Waals surface area contributed by atoms with Gasteiger partial charge >= 0.3 is 0 Å². The highest BCUT2D eigenvalue weighted by atomic mass is 14.7. The summed E-state index contributed by atoms with van der Waals surface area (Å²) in [6.45, 7) is 10.3. The molecule has 0 N–H and O–H groups in total. The molecule has 0 amide bonds. The fourth-order valence-electron chi connectivity index (χ4n) is 1.52. The second-order valence-electron chi connectivity index (χ2n) is 4.11. The first-order chi connectivity index (χ1) is 7.65. The minimum absolute atomic E-state index is 0.849. The van der Waals surface area contributed by atoms with Crippen molar-refractivity contribution in [1.29, 1.82) is 0 Å². The third-order valence-electron chi connectivity index (χ3n) is 2.70. The van der Waals surface area contributed by atoms with E-state index < -0.39 is 0 Å². The molecule has 0 spiro atoms. The predicted molar refractivity (Wildman–Crippen MR) is 72.1 cm³/mol. The summed E-state index contributed by atoms with van der Waals surface area (Å²) in [5.41, 5.74) is 4.76. The number of benzene rings is 1. The van der Waals surface area contributed by atoms with Crippen LogP contribution < -0.4 is 0 Å². The molecule has 0 aliphatic rings. The molecule has 0 atom stereocenters. The van der Waals surface area contributed by atoms with Gasteiger partial charge in [0.1, 0.15) is 0 Å². The summed E-state index contributed by atoms with van der Waals surface area (Å²) in [5.74, 6) is 0. The van der Waals surface area contributed by atoms with Gasteiger partial charge in [-0.05, 0) is 30.9 Å². The highest BCUT2D eigenvalue weighted by Crippen LogP contribution is 2.10. The molecular weight excluding hydrogens is 194 g/mol. The van der Waals surface area contributed by atoms with Crippen molar-refractivity contribution in [3.63, 3.8) is 0 Å². The van der Waals surface area contributed by atoms with Crippen LogP contribution in [0.2, 0.25) is 0 Å². The number of allylic oxidation sites excluding steroid dienone is 1. The highest BCUT2D eigenvalue weighted by Gasteiger charge is 1.97. The van der Waals surface area contributed by atoms with Gasteiger partial charge < -0.3 is 0 Å². The van der Waals surface area contributed by atoms with Crippen LogP contribution in [-0.4, -0.2) is 5.71 Å². The molecule has 0 aliphatic carbocycles. The average molecular weight is 215 g/mol. The largest absolute Gasteiger partial charge is 0.263 e. The van der Waals surface area contributed by atoms with E-state index in [-0.39, 0.29) is 0 Å². The number of rotatable bonds is 5. The van der Waals surface area contributed by atoms with Crippen molar-refractivity contribution in [1.82, 2.24) is 0 Å². The monoisotopic (exact) mass is 215 g/mol. The Labute approximate surface area is 98.9 Å². The van der Waals surface area contributed by atoms with E-state index in [1.165, 1.54) is 11.1 Å². The lowest BCUT2D eigenvalue weighted by Crippen LogP contribution is -1.92. The molecule has 1 aromatic rings. The lowest BCUT2D eigenvalue weighted by atomic mass is 10.1. The number of hydrogen-bond acceptors (Lipinski definition) is 1. The SMILES string of the molecule is C=C(Cc1ccc(CC)cc1)N=C(C)CC. The number of aliphatic imine (C=N–C) groups is 1.